The van der Waals surface area contributed by atoms with Crippen molar-refractivity contribution >= 4 is 12.1 Å². The van der Waals surface area contributed by atoms with E-state index in [4.69, 9.17) is 0 Å². The molecule has 0 atom stereocenters. The van der Waals surface area contributed by atoms with Gasteiger partial charge >= 0.3 is 12.1 Å². The molecule has 2 fully saturated rings. The smallest absolute Gasteiger partial charge is 0.319 e. The first kappa shape index (κ1) is 17.6. The first-order valence-corrected chi connectivity index (χ1v) is 9.17. The second-order valence-corrected chi connectivity index (χ2v) is 6.93. The van der Waals surface area contributed by atoms with E-state index in [1.165, 1.54) is 6.42 Å². The third-order valence-corrected chi connectivity index (χ3v) is 5.01. The van der Waals surface area contributed by atoms with Gasteiger partial charge in [0.15, 0.2) is 0 Å². The maximum atomic E-state index is 12.5. The number of carbonyl (C=O) groups is 2. The number of urea groups is 2. The van der Waals surface area contributed by atoms with Crippen LogP contribution in [0.15, 0.2) is 12.4 Å². The Kier molecular flexibility index (Phi) is 5.78. The first-order chi connectivity index (χ1) is 12.1. The molecule has 25 heavy (non-hydrogen) atoms. The summed E-state index contributed by atoms with van der Waals surface area (Å²) in [6, 6.07) is 0.188. The number of likely N-dealkylation sites (tertiary alicyclic amines) is 2. The Morgan fingerprint density at radius 2 is 1.88 bits per heavy atom. The maximum absolute atomic E-state index is 12.5. The van der Waals surface area contributed by atoms with Crippen LogP contribution in [0.3, 0.4) is 0 Å². The lowest BCUT2D eigenvalue weighted by molar-refractivity contribution is 0.128. The summed E-state index contributed by atoms with van der Waals surface area (Å²) in [6.45, 7) is 3.63. The van der Waals surface area contributed by atoms with Gasteiger partial charge in [0.05, 0.1) is 6.54 Å². The molecule has 8 nitrogen and oxygen atoms in total. The molecule has 2 aliphatic rings. The van der Waals surface area contributed by atoms with Gasteiger partial charge in [-0.2, -0.15) is 0 Å². The fourth-order valence-corrected chi connectivity index (χ4v) is 3.47. The number of hydrogen-bond donors (Lipinski definition) is 2. The van der Waals surface area contributed by atoms with Crippen LogP contribution in [0.25, 0.3) is 0 Å². The number of H-pyrrole nitrogens is 1. The maximum Gasteiger partial charge on any atom is 0.319 e. The summed E-state index contributed by atoms with van der Waals surface area (Å²) in [5.74, 6) is 0.764. The largest absolute Gasteiger partial charge is 0.347 e. The molecule has 2 saturated heterocycles. The predicted octanol–water partition coefficient (Wildman–Crippen LogP) is 1.62. The lowest BCUT2D eigenvalue weighted by Gasteiger charge is -2.37. The zero-order valence-electron chi connectivity index (χ0n) is 14.9. The third-order valence-electron chi connectivity index (χ3n) is 5.01. The van der Waals surface area contributed by atoms with Crippen molar-refractivity contribution in [2.75, 3.05) is 33.2 Å². The predicted molar refractivity (Wildman–Crippen MR) is 94.0 cm³/mol. The summed E-state index contributed by atoms with van der Waals surface area (Å²) >= 11 is 0. The number of imidazole rings is 1. The van der Waals surface area contributed by atoms with Gasteiger partial charge in [0, 0.05) is 51.7 Å². The van der Waals surface area contributed by atoms with Gasteiger partial charge in [0.25, 0.3) is 0 Å². The van der Waals surface area contributed by atoms with Crippen LogP contribution in [0.2, 0.25) is 0 Å². The van der Waals surface area contributed by atoms with Crippen LogP contribution >= 0.6 is 0 Å². The number of amides is 4. The summed E-state index contributed by atoms with van der Waals surface area (Å²) in [5, 5.41) is 3.06. The van der Waals surface area contributed by atoms with E-state index < -0.39 is 0 Å². The molecule has 0 aromatic carbocycles. The standard InChI is InChI=1S/C17H28N6O2/c1-21(13-15-18-7-8-19-15)16(24)20-14-5-11-23(12-6-14)17(25)22-9-3-2-4-10-22/h7-8,14H,2-6,9-13H2,1H3,(H,18,19)(H,20,24). The second-order valence-electron chi connectivity index (χ2n) is 6.93. The molecular weight excluding hydrogens is 320 g/mol. The second kappa shape index (κ2) is 8.22. The molecule has 3 rings (SSSR count). The number of hydrogen-bond acceptors (Lipinski definition) is 3. The molecule has 1 aromatic heterocycles. The molecular formula is C17H28N6O2. The number of carbonyl (C=O) groups excluding carboxylic acids is 2. The number of rotatable bonds is 3. The van der Waals surface area contributed by atoms with Crippen LogP contribution in [0.4, 0.5) is 9.59 Å². The molecule has 138 valence electrons. The number of aromatic nitrogens is 2. The lowest BCUT2D eigenvalue weighted by Crippen LogP contribution is -2.52. The van der Waals surface area contributed by atoms with Crippen molar-refractivity contribution in [1.82, 2.24) is 30.0 Å². The fraction of sp³-hybridized carbons (Fsp3) is 0.706. The monoisotopic (exact) mass is 348 g/mol. The summed E-state index contributed by atoms with van der Waals surface area (Å²) in [5.41, 5.74) is 0. The van der Waals surface area contributed by atoms with Crippen molar-refractivity contribution in [2.45, 2.75) is 44.7 Å². The Morgan fingerprint density at radius 1 is 1.20 bits per heavy atom. The van der Waals surface area contributed by atoms with Gasteiger partial charge in [-0.1, -0.05) is 0 Å². The van der Waals surface area contributed by atoms with Crippen LogP contribution in [0, 0.1) is 0 Å². The van der Waals surface area contributed by atoms with Crippen LogP contribution in [0.1, 0.15) is 37.9 Å². The zero-order valence-corrected chi connectivity index (χ0v) is 14.9. The average Bonchev–Trinajstić information content (AvgIpc) is 3.15. The molecule has 3 heterocycles. The quantitative estimate of drug-likeness (QED) is 0.870. The number of nitrogens with zero attached hydrogens (tertiary/aromatic N) is 4. The average molecular weight is 348 g/mol. The van der Waals surface area contributed by atoms with Crippen molar-refractivity contribution in [3.05, 3.63) is 18.2 Å². The molecule has 4 amide bonds. The van der Waals surface area contributed by atoms with Crippen molar-refractivity contribution < 1.29 is 9.59 Å². The van der Waals surface area contributed by atoms with Crippen molar-refractivity contribution in [1.29, 1.82) is 0 Å². The minimum Gasteiger partial charge on any atom is -0.347 e. The van der Waals surface area contributed by atoms with E-state index in [9.17, 15) is 9.59 Å². The minimum absolute atomic E-state index is 0.0998. The molecule has 0 aliphatic carbocycles. The van der Waals surface area contributed by atoms with E-state index in [0.29, 0.717) is 19.6 Å². The Balaban J connectivity index is 1.41. The minimum atomic E-state index is -0.0998. The molecule has 0 spiro atoms. The van der Waals surface area contributed by atoms with Gasteiger partial charge in [0.2, 0.25) is 0 Å². The molecule has 2 N–H and O–H groups in total. The van der Waals surface area contributed by atoms with Crippen molar-refractivity contribution in [3.8, 4) is 0 Å². The molecule has 8 heteroatoms. The Bertz CT molecular complexity index is 562. The Labute approximate surface area is 148 Å². The lowest BCUT2D eigenvalue weighted by atomic mass is 10.1. The molecule has 1 aromatic rings. The molecule has 2 aliphatic heterocycles. The van der Waals surface area contributed by atoms with E-state index in [1.807, 2.05) is 9.80 Å². The van der Waals surface area contributed by atoms with Crippen LogP contribution in [-0.4, -0.2) is 76.0 Å². The SMILES string of the molecule is CN(Cc1ncc[nH]1)C(=O)NC1CCN(C(=O)N2CCCCC2)CC1. The fourth-order valence-electron chi connectivity index (χ4n) is 3.47. The normalized spacial score (nSPS) is 18.9. The van der Waals surface area contributed by atoms with Gasteiger partial charge in [-0.3, -0.25) is 0 Å². The zero-order chi connectivity index (χ0) is 17.6. The van der Waals surface area contributed by atoms with E-state index in [2.05, 4.69) is 15.3 Å². The molecule has 0 radical (unpaired) electrons. The van der Waals surface area contributed by atoms with Crippen LogP contribution in [0.5, 0.6) is 0 Å². The molecule has 0 bridgehead atoms. The van der Waals surface area contributed by atoms with Gasteiger partial charge in [0.1, 0.15) is 5.82 Å². The number of nitrogens with one attached hydrogen (secondary N) is 2. The summed E-state index contributed by atoms with van der Waals surface area (Å²) in [6.07, 6.45) is 8.48. The highest BCUT2D eigenvalue weighted by atomic mass is 16.2. The summed E-state index contributed by atoms with van der Waals surface area (Å²) in [4.78, 5) is 37.4. The van der Waals surface area contributed by atoms with Crippen molar-refractivity contribution in [3.63, 3.8) is 0 Å². The highest BCUT2D eigenvalue weighted by molar-refractivity contribution is 5.75. The van der Waals surface area contributed by atoms with Crippen LogP contribution in [-0.2, 0) is 6.54 Å². The van der Waals surface area contributed by atoms with Gasteiger partial charge in [-0.05, 0) is 32.1 Å². The van der Waals surface area contributed by atoms with E-state index in [0.717, 1.165) is 44.6 Å². The van der Waals surface area contributed by atoms with Gasteiger partial charge in [-0.15, -0.1) is 0 Å². The van der Waals surface area contributed by atoms with Crippen LogP contribution < -0.4 is 5.32 Å². The highest BCUT2D eigenvalue weighted by Gasteiger charge is 2.28. The van der Waals surface area contributed by atoms with Gasteiger partial charge in [-0.25, -0.2) is 14.6 Å². The first-order valence-electron chi connectivity index (χ1n) is 9.17. The summed E-state index contributed by atoms with van der Waals surface area (Å²) in [7, 11) is 1.76. The van der Waals surface area contributed by atoms with E-state index in [-0.39, 0.29) is 18.1 Å². The topological polar surface area (TPSA) is 84.6 Å². The number of piperidine rings is 2. The van der Waals surface area contributed by atoms with E-state index in [1.54, 1.807) is 24.3 Å². The van der Waals surface area contributed by atoms with Crippen molar-refractivity contribution in [2.24, 2.45) is 0 Å². The summed E-state index contributed by atoms with van der Waals surface area (Å²) < 4.78 is 0. The number of aromatic amines is 1. The third kappa shape index (κ3) is 4.64. The molecule has 0 unspecified atom stereocenters. The highest BCUT2D eigenvalue weighted by Crippen LogP contribution is 2.16. The Morgan fingerprint density at radius 3 is 2.52 bits per heavy atom. The molecule has 0 saturated carbocycles. The Hall–Kier alpha value is -2.25. The van der Waals surface area contributed by atoms with Gasteiger partial charge < -0.3 is 25.0 Å². The van der Waals surface area contributed by atoms with E-state index >= 15 is 0 Å².